The van der Waals surface area contributed by atoms with Gasteiger partial charge in [0.25, 0.3) is 5.56 Å². The van der Waals surface area contributed by atoms with E-state index < -0.39 is 21.8 Å². The number of hydrogen-bond donors (Lipinski definition) is 0. The van der Waals surface area contributed by atoms with Crippen molar-refractivity contribution in [3.63, 3.8) is 0 Å². The molecule has 8 nitrogen and oxygen atoms in total. The number of halogens is 3. The molecule has 1 fully saturated rings. The molecule has 1 saturated heterocycles. The quantitative estimate of drug-likeness (QED) is 0.565. The number of sulfonamides is 1. The van der Waals surface area contributed by atoms with Gasteiger partial charge in [-0.3, -0.25) is 14.3 Å². The summed E-state index contributed by atoms with van der Waals surface area (Å²) in [5, 5.41) is 0. The molecule has 2 aromatic rings. The van der Waals surface area contributed by atoms with E-state index >= 15 is 0 Å². The summed E-state index contributed by atoms with van der Waals surface area (Å²) in [6.07, 6.45) is -0.462. The number of fused-ring (bicyclic) bond motifs is 1. The van der Waals surface area contributed by atoms with Crippen molar-refractivity contribution in [2.45, 2.75) is 52.1 Å². The Hall–Kier alpha value is -2.44. The van der Waals surface area contributed by atoms with Crippen molar-refractivity contribution in [2.75, 3.05) is 26.0 Å². The van der Waals surface area contributed by atoms with Gasteiger partial charge in [0.05, 0.1) is 31.2 Å². The summed E-state index contributed by atoms with van der Waals surface area (Å²) in [5.74, 6) is 0.808. The van der Waals surface area contributed by atoms with Crippen molar-refractivity contribution in [3.8, 4) is 5.75 Å². The molecule has 12 heteroatoms. The van der Waals surface area contributed by atoms with E-state index in [4.69, 9.17) is 4.74 Å². The fourth-order valence-electron chi connectivity index (χ4n) is 4.63. The lowest BCUT2D eigenvalue weighted by molar-refractivity contribution is -0.137. The molecule has 4 rings (SSSR count). The van der Waals surface area contributed by atoms with Gasteiger partial charge in [-0.05, 0) is 48.9 Å². The zero-order chi connectivity index (χ0) is 25.4. The molecule has 2 aliphatic heterocycles. The summed E-state index contributed by atoms with van der Waals surface area (Å²) in [5.41, 5.74) is 0.504. The maximum Gasteiger partial charge on any atom is 0.416 e. The van der Waals surface area contributed by atoms with Gasteiger partial charge in [-0.1, -0.05) is 6.07 Å². The second kappa shape index (κ2) is 9.90. The Morgan fingerprint density at radius 1 is 1.14 bits per heavy atom. The van der Waals surface area contributed by atoms with Crippen LogP contribution in [-0.2, 0) is 42.4 Å². The van der Waals surface area contributed by atoms with E-state index in [1.165, 1.54) is 33.5 Å². The van der Waals surface area contributed by atoms with Gasteiger partial charge in [-0.2, -0.15) is 13.2 Å². The van der Waals surface area contributed by atoms with Crippen LogP contribution in [-0.4, -0.2) is 53.1 Å². The fraction of sp³-hybridized carbons (Fsp3) is 0.565. The third kappa shape index (κ3) is 5.87. The van der Waals surface area contributed by atoms with Crippen LogP contribution in [0, 0.1) is 5.92 Å². The smallest absolute Gasteiger partial charge is 0.416 e. The molecule has 0 aliphatic carbocycles. The fourth-order valence-corrected chi connectivity index (χ4v) is 5.50. The maximum atomic E-state index is 13.0. The number of aromatic nitrogens is 2. The van der Waals surface area contributed by atoms with Gasteiger partial charge in [0.15, 0.2) is 0 Å². The summed E-state index contributed by atoms with van der Waals surface area (Å²) in [6.45, 7) is 4.54. The monoisotopic (exact) mass is 514 g/mol. The number of piperidine rings is 1. The SMILES string of the molecule is CCn1c(CN2Cc3ccc(C(F)(F)F)cc3C2)ncc(OCC2CCN(S(C)(=O)=O)CC2)c1=O. The minimum absolute atomic E-state index is 0.140. The van der Waals surface area contributed by atoms with Crippen LogP contribution in [0.4, 0.5) is 13.2 Å². The average Bonchev–Trinajstić information content (AvgIpc) is 3.19. The molecule has 192 valence electrons. The number of ether oxygens (including phenoxy) is 1. The molecule has 0 atom stereocenters. The Bertz CT molecular complexity index is 1240. The Labute approximate surface area is 202 Å². The van der Waals surface area contributed by atoms with Gasteiger partial charge in [0.1, 0.15) is 5.82 Å². The maximum absolute atomic E-state index is 13.0. The van der Waals surface area contributed by atoms with Crippen molar-refractivity contribution in [2.24, 2.45) is 5.92 Å². The molecule has 0 amide bonds. The molecular formula is C23H29F3N4O4S. The van der Waals surface area contributed by atoms with Crippen LogP contribution in [0.3, 0.4) is 0 Å². The van der Waals surface area contributed by atoms with Gasteiger partial charge in [0, 0.05) is 32.7 Å². The van der Waals surface area contributed by atoms with Crippen LogP contribution in [0.2, 0.25) is 0 Å². The lowest BCUT2D eigenvalue weighted by Crippen LogP contribution is -2.39. The average molecular weight is 515 g/mol. The highest BCUT2D eigenvalue weighted by atomic mass is 32.2. The van der Waals surface area contributed by atoms with Crippen LogP contribution < -0.4 is 10.3 Å². The molecule has 2 aliphatic rings. The van der Waals surface area contributed by atoms with Gasteiger partial charge < -0.3 is 4.74 Å². The van der Waals surface area contributed by atoms with Gasteiger partial charge in [-0.15, -0.1) is 0 Å². The topological polar surface area (TPSA) is 84.7 Å². The second-order valence-electron chi connectivity index (χ2n) is 9.13. The molecule has 3 heterocycles. The normalized spacial score (nSPS) is 18.1. The van der Waals surface area contributed by atoms with Crippen molar-refractivity contribution in [1.82, 2.24) is 18.8 Å². The molecule has 1 aromatic carbocycles. The minimum Gasteiger partial charge on any atom is -0.486 e. The van der Waals surface area contributed by atoms with Crippen molar-refractivity contribution >= 4 is 10.0 Å². The van der Waals surface area contributed by atoms with Crippen LogP contribution >= 0.6 is 0 Å². The molecule has 0 radical (unpaired) electrons. The number of nitrogens with zero attached hydrogens (tertiary/aromatic N) is 4. The van der Waals surface area contributed by atoms with E-state index in [1.54, 1.807) is 0 Å². The largest absolute Gasteiger partial charge is 0.486 e. The van der Waals surface area contributed by atoms with Crippen LogP contribution in [0.25, 0.3) is 0 Å². The molecule has 35 heavy (non-hydrogen) atoms. The van der Waals surface area contributed by atoms with E-state index in [2.05, 4.69) is 4.98 Å². The standard InChI is InChI=1S/C23H29F3N4O4S/c1-3-30-21(14-28-12-17-4-5-19(23(24,25)26)10-18(17)13-28)27-11-20(22(30)31)34-15-16-6-8-29(9-7-16)35(2,32)33/h4-5,10-11,16H,3,6-9,12-15H2,1-2H3. The molecule has 0 N–H and O–H groups in total. The van der Waals surface area contributed by atoms with Crippen molar-refractivity contribution < 1.29 is 26.3 Å². The Balaban J connectivity index is 1.39. The predicted molar refractivity (Wildman–Crippen MR) is 123 cm³/mol. The first-order valence-corrected chi connectivity index (χ1v) is 13.4. The van der Waals surface area contributed by atoms with E-state index in [0.29, 0.717) is 70.1 Å². The lowest BCUT2D eigenvalue weighted by atomic mass is 9.99. The Morgan fingerprint density at radius 3 is 2.46 bits per heavy atom. The van der Waals surface area contributed by atoms with Gasteiger partial charge >= 0.3 is 6.18 Å². The molecule has 0 bridgehead atoms. The summed E-state index contributed by atoms with van der Waals surface area (Å²) in [4.78, 5) is 19.4. The van der Waals surface area contributed by atoms with E-state index in [-0.39, 0.29) is 17.2 Å². The zero-order valence-electron chi connectivity index (χ0n) is 19.7. The van der Waals surface area contributed by atoms with Crippen molar-refractivity contribution in [1.29, 1.82) is 0 Å². The minimum atomic E-state index is -4.38. The highest BCUT2D eigenvalue weighted by Gasteiger charge is 2.32. The highest BCUT2D eigenvalue weighted by Crippen LogP contribution is 2.33. The molecule has 1 aromatic heterocycles. The van der Waals surface area contributed by atoms with Crippen LogP contribution in [0.15, 0.2) is 29.2 Å². The van der Waals surface area contributed by atoms with Gasteiger partial charge in [-0.25, -0.2) is 17.7 Å². The zero-order valence-corrected chi connectivity index (χ0v) is 20.5. The predicted octanol–water partition coefficient (Wildman–Crippen LogP) is 2.85. The van der Waals surface area contributed by atoms with Gasteiger partial charge in [0.2, 0.25) is 15.8 Å². The Morgan fingerprint density at radius 2 is 1.83 bits per heavy atom. The number of alkyl halides is 3. The lowest BCUT2D eigenvalue weighted by Gasteiger charge is -2.30. The Kier molecular flexibility index (Phi) is 7.26. The van der Waals surface area contributed by atoms with Crippen molar-refractivity contribution in [3.05, 3.63) is 57.3 Å². The summed E-state index contributed by atoms with van der Waals surface area (Å²) in [7, 11) is -3.20. The number of rotatable bonds is 7. The molecule has 0 spiro atoms. The molecular weight excluding hydrogens is 485 g/mol. The molecule has 0 saturated carbocycles. The third-order valence-corrected chi connectivity index (χ3v) is 7.92. The van der Waals surface area contributed by atoms with Crippen LogP contribution in [0.5, 0.6) is 5.75 Å². The third-order valence-electron chi connectivity index (χ3n) is 6.62. The highest BCUT2D eigenvalue weighted by molar-refractivity contribution is 7.88. The summed E-state index contributed by atoms with van der Waals surface area (Å²) < 4.78 is 71.1. The first kappa shape index (κ1) is 25.6. The first-order chi connectivity index (χ1) is 16.5. The summed E-state index contributed by atoms with van der Waals surface area (Å²) in [6, 6.07) is 3.79. The summed E-state index contributed by atoms with van der Waals surface area (Å²) >= 11 is 0. The van der Waals surface area contributed by atoms with E-state index in [1.807, 2.05) is 11.8 Å². The number of hydrogen-bond acceptors (Lipinski definition) is 6. The van der Waals surface area contributed by atoms with E-state index in [0.717, 1.165) is 11.6 Å². The second-order valence-corrected chi connectivity index (χ2v) is 11.1. The molecule has 0 unspecified atom stereocenters. The van der Waals surface area contributed by atoms with E-state index in [9.17, 15) is 26.4 Å². The van der Waals surface area contributed by atoms with Crippen LogP contribution in [0.1, 0.15) is 42.3 Å². The first-order valence-electron chi connectivity index (χ1n) is 11.5. The number of benzene rings is 1.